The van der Waals surface area contributed by atoms with Crippen LogP contribution >= 0.6 is 34.7 Å². The number of hydrogen-bond donors (Lipinski definition) is 0. The quantitative estimate of drug-likeness (QED) is 0.151. The molecule has 202 valence electrons. The molecule has 0 saturated heterocycles. The fraction of sp³-hybridized carbons (Fsp3) is 0.444. The Morgan fingerprint density at radius 1 is 1.08 bits per heavy atom. The summed E-state index contributed by atoms with van der Waals surface area (Å²) in [6.07, 6.45) is 2.48. The number of aryl methyl sites for hydroxylation is 2. The van der Waals surface area contributed by atoms with Crippen LogP contribution in [-0.4, -0.2) is 50.7 Å². The molecule has 37 heavy (non-hydrogen) atoms. The molecule has 0 aliphatic heterocycles. The van der Waals surface area contributed by atoms with Gasteiger partial charge in [-0.3, -0.25) is 0 Å². The Morgan fingerprint density at radius 3 is 2.57 bits per heavy atom. The van der Waals surface area contributed by atoms with E-state index in [0.29, 0.717) is 40.4 Å². The van der Waals surface area contributed by atoms with E-state index in [2.05, 4.69) is 13.0 Å². The standard InChI is InChI=1S/C27H34ClNO5S3/c1-5-8-20-16-22(10-11-24(20)34-18-26(30)33-7-3)35-15-14-29(13-6-2)37(31,32)27-19(4)23-17-21(28)9-12-25(23)36-27/h9-12,16-17H,5-8,13-15,18H2,1-4H3. The Balaban J connectivity index is 1.72. The number of thioether (sulfide) groups is 1. The normalized spacial score (nSPS) is 11.8. The number of nitrogens with zero attached hydrogens (tertiary/aromatic N) is 1. The van der Waals surface area contributed by atoms with Crippen molar-refractivity contribution in [2.45, 2.75) is 56.1 Å². The monoisotopic (exact) mass is 583 g/mol. The number of benzene rings is 2. The van der Waals surface area contributed by atoms with Crippen LogP contribution in [0.3, 0.4) is 0 Å². The molecule has 0 unspecified atom stereocenters. The summed E-state index contributed by atoms with van der Waals surface area (Å²) in [6.45, 7) is 8.75. The molecule has 0 atom stereocenters. The summed E-state index contributed by atoms with van der Waals surface area (Å²) >= 11 is 9.06. The van der Waals surface area contributed by atoms with E-state index in [1.165, 1.54) is 11.3 Å². The van der Waals surface area contributed by atoms with Gasteiger partial charge in [0.15, 0.2) is 6.61 Å². The van der Waals surface area contributed by atoms with E-state index in [4.69, 9.17) is 21.1 Å². The van der Waals surface area contributed by atoms with Crippen LogP contribution in [0.15, 0.2) is 45.5 Å². The highest BCUT2D eigenvalue weighted by Crippen LogP contribution is 2.37. The number of rotatable bonds is 14. The lowest BCUT2D eigenvalue weighted by atomic mass is 10.1. The van der Waals surface area contributed by atoms with Crippen LogP contribution in [0.4, 0.5) is 0 Å². The van der Waals surface area contributed by atoms with Crippen LogP contribution in [0.1, 0.15) is 44.7 Å². The lowest BCUT2D eigenvalue weighted by Gasteiger charge is -2.21. The van der Waals surface area contributed by atoms with Crippen LogP contribution in [-0.2, 0) is 26.0 Å². The highest BCUT2D eigenvalue weighted by atomic mass is 35.5. The highest BCUT2D eigenvalue weighted by molar-refractivity contribution is 7.99. The molecule has 0 amide bonds. The van der Waals surface area contributed by atoms with Crippen molar-refractivity contribution in [1.29, 1.82) is 0 Å². The number of halogens is 1. The lowest BCUT2D eigenvalue weighted by molar-refractivity contribution is -0.145. The maximum absolute atomic E-state index is 13.6. The Bertz CT molecular complexity index is 1320. The molecule has 0 N–H and O–H groups in total. The molecular formula is C27H34ClNO5S3. The van der Waals surface area contributed by atoms with Crippen molar-refractivity contribution >= 4 is 60.8 Å². The Morgan fingerprint density at radius 2 is 1.86 bits per heavy atom. The van der Waals surface area contributed by atoms with Crippen molar-refractivity contribution in [2.24, 2.45) is 0 Å². The van der Waals surface area contributed by atoms with Crippen LogP contribution < -0.4 is 4.74 Å². The zero-order chi connectivity index (χ0) is 27.0. The average molecular weight is 584 g/mol. The molecule has 10 heteroatoms. The van der Waals surface area contributed by atoms with Gasteiger partial charge in [-0.15, -0.1) is 23.1 Å². The molecule has 0 aliphatic rings. The SMILES string of the molecule is CCCc1cc(SCCN(CCC)S(=O)(=O)c2sc3ccc(Cl)cc3c2C)ccc1OCC(=O)OCC. The van der Waals surface area contributed by atoms with Crippen LogP contribution in [0.2, 0.25) is 5.02 Å². The highest BCUT2D eigenvalue weighted by Gasteiger charge is 2.28. The van der Waals surface area contributed by atoms with Crippen LogP contribution in [0.25, 0.3) is 10.1 Å². The molecule has 1 heterocycles. The topological polar surface area (TPSA) is 72.9 Å². The first kappa shape index (κ1) is 29.8. The number of sulfonamides is 1. The molecule has 0 aliphatic carbocycles. The predicted molar refractivity (Wildman–Crippen MR) is 154 cm³/mol. The summed E-state index contributed by atoms with van der Waals surface area (Å²) in [4.78, 5) is 12.7. The number of ether oxygens (including phenoxy) is 2. The third-order valence-electron chi connectivity index (χ3n) is 5.71. The Labute approximate surface area is 233 Å². The average Bonchev–Trinajstić information content (AvgIpc) is 3.19. The summed E-state index contributed by atoms with van der Waals surface area (Å²) in [6, 6.07) is 11.4. The van der Waals surface area contributed by atoms with Gasteiger partial charge in [0.2, 0.25) is 0 Å². The number of thiophene rings is 1. The molecule has 0 bridgehead atoms. The molecule has 0 radical (unpaired) electrons. The minimum Gasteiger partial charge on any atom is -0.482 e. The van der Waals surface area contributed by atoms with E-state index < -0.39 is 16.0 Å². The first-order valence-corrected chi connectivity index (χ1v) is 16.1. The fourth-order valence-electron chi connectivity index (χ4n) is 3.99. The zero-order valence-electron chi connectivity index (χ0n) is 21.7. The lowest BCUT2D eigenvalue weighted by Crippen LogP contribution is -2.33. The summed E-state index contributed by atoms with van der Waals surface area (Å²) in [5.41, 5.74) is 1.77. The van der Waals surface area contributed by atoms with Gasteiger partial charge in [0.25, 0.3) is 10.0 Å². The van der Waals surface area contributed by atoms with Crippen molar-refractivity contribution < 1.29 is 22.7 Å². The smallest absolute Gasteiger partial charge is 0.344 e. The van der Waals surface area contributed by atoms with Gasteiger partial charge in [-0.05, 0) is 79.6 Å². The second-order valence-electron chi connectivity index (χ2n) is 8.52. The minimum absolute atomic E-state index is 0.121. The summed E-state index contributed by atoms with van der Waals surface area (Å²) < 4.78 is 40.8. The van der Waals surface area contributed by atoms with Crippen molar-refractivity contribution in [1.82, 2.24) is 4.31 Å². The van der Waals surface area contributed by atoms with Gasteiger partial charge in [-0.25, -0.2) is 13.2 Å². The fourth-order valence-corrected chi connectivity index (χ4v) is 8.63. The number of fused-ring (bicyclic) bond motifs is 1. The second-order valence-corrected chi connectivity index (χ2v) is 13.3. The number of esters is 1. The molecule has 6 nitrogen and oxygen atoms in total. The van der Waals surface area contributed by atoms with Gasteiger partial charge in [0.05, 0.1) is 6.61 Å². The van der Waals surface area contributed by atoms with E-state index in [0.717, 1.165) is 45.4 Å². The molecule has 2 aromatic carbocycles. The number of hydrogen-bond acceptors (Lipinski definition) is 7. The molecular weight excluding hydrogens is 550 g/mol. The van der Waals surface area contributed by atoms with E-state index in [9.17, 15) is 13.2 Å². The van der Waals surface area contributed by atoms with Gasteiger partial charge in [-0.2, -0.15) is 4.31 Å². The predicted octanol–water partition coefficient (Wildman–Crippen LogP) is 6.95. The Hall–Kier alpha value is -1.78. The Kier molecular flexibility index (Phi) is 11.1. The molecule has 0 fully saturated rings. The summed E-state index contributed by atoms with van der Waals surface area (Å²) in [5, 5.41) is 1.48. The van der Waals surface area contributed by atoms with E-state index in [-0.39, 0.29) is 6.61 Å². The van der Waals surface area contributed by atoms with Crippen LogP contribution in [0.5, 0.6) is 5.75 Å². The molecule has 3 rings (SSSR count). The zero-order valence-corrected chi connectivity index (χ0v) is 24.9. The molecule has 0 saturated carbocycles. The van der Waals surface area contributed by atoms with Crippen LogP contribution in [0, 0.1) is 6.92 Å². The van der Waals surface area contributed by atoms with Gasteiger partial charge >= 0.3 is 5.97 Å². The molecule has 0 spiro atoms. The number of carbonyl (C=O) groups is 1. The van der Waals surface area contributed by atoms with Crippen molar-refractivity contribution in [2.75, 3.05) is 32.1 Å². The first-order valence-electron chi connectivity index (χ1n) is 12.4. The first-order chi connectivity index (χ1) is 17.7. The molecule has 1 aromatic heterocycles. The largest absolute Gasteiger partial charge is 0.482 e. The van der Waals surface area contributed by atoms with Gasteiger partial charge in [0, 0.05) is 33.5 Å². The number of carbonyl (C=O) groups excluding carboxylic acids is 1. The van der Waals surface area contributed by atoms with Gasteiger partial charge in [0.1, 0.15) is 9.96 Å². The van der Waals surface area contributed by atoms with Crippen molar-refractivity contribution in [3.05, 3.63) is 52.5 Å². The van der Waals surface area contributed by atoms with E-state index in [1.54, 1.807) is 29.1 Å². The molecule has 3 aromatic rings. The van der Waals surface area contributed by atoms with Crippen molar-refractivity contribution in [3.63, 3.8) is 0 Å². The second kappa shape index (κ2) is 13.8. The third-order valence-corrected chi connectivity index (χ3v) is 10.7. The van der Waals surface area contributed by atoms with E-state index in [1.807, 2.05) is 38.1 Å². The van der Waals surface area contributed by atoms with Crippen molar-refractivity contribution in [3.8, 4) is 5.75 Å². The van der Waals surface area contributed by atoms with Gasteiger partial charge in [-0.1, -0.05) is 31.9 Å². The van der Waals surface area contributed by atoms with Gasteiger partial charge < -0.3 is 9.47 Å². The van der Waals surface area contributed by atoms with E-state index >= 15 is 0 Å². The summed E-state index contributed by atoms with van der Waals surface area (Å²) in [5.74, 6) is 0.899. The minimum atomic E-state index is -3.64. The summed E-state index contributed by atoms with van der Waals surface area (Å²) in [7, 11) is -3.64. The maximum Gasteiger partial charge on any atom is 0.344 e. The third kappa shape index (κ3) is 7.63. The maximum atomic E-state index is 13.6.